The van der Waals surface area contributed by atoms with Crippen LogP contribution in [0.3, 0.4) is 0 Å². The number of methoxy groups -OCH3 is 1. The van der Waals surface area contributed by atoms with E-state index in [4.69, 9.17) is 14.2 Å². The van der Waals surface area contributed by atoms with E-state index in [-0.39, 0.29) is 11.2 Å². The molecule has 0 amide bonds. The van der Waals surface area contributed by atoms with Crippen molar-refractivity contribution in [3.8, 4) is 34.5 Å². The molecule has 0 unspecified atom stereocenters. The predicted molar refractivity (Wildman–Crippen MR) is 85.0 cm³/mol. The Morgan fingerprint density at radius 2 is 2.04 bits per heavy atom. The van der Waals surface area contributed by atoms with Gasteiger partial charge in [0.25, 0.3) is 0 Å². The van der Waals surface area contributed by atoms with E-state index >= 15 is 0 Å². The van der Waals surface area contributed by atoms with Crippen LogP contribution in [0, 0.1) is 0 Å². The highest BCUT2D eigenvalue weighted by Crippen LogP contribution is 2.32. The van der Waals surface area contributed by atoms with Crippen LogP contribution < -0.4 is 19.6 Å². The van der Waals surface area contributed by atoms with Crippen LogP contribution in [-0.2, 0) is 0 Å². The lowest BCUT2D eigenvalue weighted by Gasteiger charge is -2.19. The summed E-state index contributed by atoms with van der Waals surface area (Å²) < 4.78 is 17.7. The fraction of sp³-hybridized carbons (Fsp3) is 0.188. The summed E-state index contributed by atoms with van der Waals surface area (Å²) in [6.07, 6.45) is 2.93. The number of hydrogen-bond acceptors (Lipinski definition) is 6. The van der Waals surface area contributed by atoms with Crippen molar-refractivity contribution in [2.24, 2.45) is 0 Å². The third-order valence-electron chi connectivity index (χ3n) is 3.66. The monoisotopic (exact) mass is 326 g/mol. The molecule has 0 aliphatic carbocycles. The van der Waals surface area contributed by atoms with Crippen LogP contribution in [-0.4, -0.2) is 40.1 Å². The second-order valence-corrected chi connectivity index (χ2v) is 5.10. The van der Waals surface area contributed by atoms with Crippen LogP contribution in [0.2, 0.25) is 0 Å². The van der Waals surface area contributed by atoms with E-state index < -0.39 is 0 Å². The van der Waals surface area contributed by atoms with E-state index in [9.17, 15) is 4.79 Å². The maximum atomic E-state index is 12.0. The number of H-pyrrole nitrogens is 1. The lowest BCUT2D eigenvalue weighted by atomic mass is 10.2. The first kappa shape index (κ1) is 14.3. The van der Waals surface area contributed by atoms with Gasteiger partial charge in [0.15, 0.2) is 23.1 Å². The Labute approximate surface area is 136 Å². The summed E-state index contributed by atoms with van der Waals surface area (Å²) in [5, 5.41) is 4.24. The molecular weight excluding hydrogens is 312 g/mol. The highest BCUT2D eigenvalue weighted by atomic mass is 16.6. The van der Waals surface area contributed by atoms with Gasteiger partial charge in [-0.3, -0.25) is 4.79 Å². The lowest BCUT2D eigenvalue weighted by Crippen LogP contribution is -2.15. The molecule has 8 heteroatoms. The molecular formula is C16H14N4O4. The molecule has 3 heterocycles. The standard InChI is InChI=1S/C16H14N4O4/c1-22-15-8-17-11(7-12(15)21)16-18-9-19-20(16)10-2-3-13-14(6-10)24-5-4-23-13/h2-3,6-9H,4-5H2,1H3,(H,17,21). The van der Waals surface area contributed by atoms with E-state index in [0.29, 0.717) is 36.2 Å². The number of benzene rings is 1. The van der Waals surface area contributed by atoms with Gasteiger partial charge in [-0.15, -0.1) is 0 Å². The van der Waals surface area contributed by atoms with Crippen molar-refractivity contribution in [1.29, 1.82) is 0 Å². The first-order chi connectivity index (χ1) is 11.8. The summed E-state index contributed by atoms with van der Waals surface area (Å²) in [6, 6.07) is 6.94. The lowest BCUT2D eigenvalue weighted by molar-refractivity contribution is 0.171. The average molecular weight is 326 g/mol. The molecule has 0 spiro atoms. The SMILES string of the molecule is COc1c[nH]c(-c2ncnn2-c2ccc3c(c2)OCCO3)cc1=O. The zero-order chi connectivity index (χ0) is 16.5. The van der Waals surface area contributed by atoms with E-state index in [1.807, 2.05) is 18.2 Å². The van der Waals surface area contributed by atoms with Gasteiger partial charge in [0.1, 0.15) is 19.5 Å². The largest absolute Gasteiger partial charge is 0.491 e. The summed E-state index contributed by atoms with van der Waals surface area (Å²) in [6.45, 7) is 1.04. The summed E-state index contributed by atoms with van der Waals surface area (Å²) in [7, 11) is 1.45. The van der Waals surface area contributed by atoms with E-state index in [1.54, 1.807) is 4.68 Å². The number of nitrogens with one attached hydrogen (secondary N) is 1. The van der Waals surface area contributed by atoms with E-state index in [1.165, 1.54) is 25.7 Å². The second-order valence-electron chi connectivity index (χ2n) is 5.10. The molecule has 1 aromatic carbocycles. The van der Waals surface area contributed by atoms with Gasteiger partial charge < -0.3 is 19.2 Å². The second kappa shape index (κ2) is 5.73. The number of aromatic nitrogens is 4. The van der Waals surface area contributed by atoms with Crippen LogP contribution in [0.15, 0.2) is 41.6 Å². The predicted octanol–water partition coefficient (Wildman–Crippen LogP) is 1.40. The van der Waals surface area contributed by atoms with Crippen molar-refractivity contribution in [2.45, 2.75) is 0 Å². The third-order valence-corrected chi connectivity index (χ3v) is 3.66. The van der Waals surface area contributed by atoms with Gasteiger partial charge in [0.05, 0.1) is 18.5 Å². The molecule has 4 rings (SSSR count). The Morgan fingerprint density at radius 1 is 1.21 bits per heavy atom. The Hall–Kier alpha value is -3.29. The molecule has 0 radical (unpaired) electrons. The topological polar surface area (TPSA) is 91.3 Å². The zero-order valence-corrected chi connectivity index (χ0v) is 12.9. The van der Waals surface area contributed by atoms with Gasteiger partial charge in [-0.05, 0) is 12.1 Å². The number of nitrogens with zero attached hydrogens (tertiary/aromatic N) is 3. The smallest absolute Gasteiger partial charge is 0.224 e. The summed E-state index contributed by atoms with van der Waals surface area (Å²) >= 11 is 0. The van der Waals surface area contributed by atoms with Crippen LogP contribution >= 0.6 is 0 Å². The van der Waals surface area contributed by atoms with Crippen LogP contribution in [0.5, 0.6) is 17.2 Å². The van der Waals surface area contributed by atoms with Crippen molar-refractivity contribution >= 4 is 0 Å². The van der Waals surface area contributed by atoms with E-state index in [0.717, 1.165) is 5.69 Å². The Bertz CT molecular complexity index is 947. The van der Waals surface area contributed by atoms with Crippen LogP contribution in [0.1, 0.15) is 0 Å². The minimum atomic E-state index is -0.233. The number of hydrogen-bond donors (Lipinski definition) is 1. The third kappa shape index (κ3) is 2.37. The maximum Gasteiger partial charge on any atom is 0.224 e. The van der Waals surface area contributed by atoms with Crippen LogP contribution in [0.4, 0.5) is 0 Å². The number of rotatable bonds is 3. The molecule has 122 valence electrons. The highest BCUT2D eigenvalue weighted by molar-refractivity contribution is 5.56. The highest BCUT2D eigenvalue weighted by Gasteiger charge is 2.16. The number of fused-ring (bicyclic) bond motifs is 1. The molecule has 0 atom stereocenters. The zero-order valence-electron chi connectivity index (χ0n) is 12.9. The van der Waals surface area contributed by atoms with Gasteiger partial charge in [0.2, 0.25) is 5.43 Å². The van der Waals surface area contributed by atoms with E-state index in [2.05, 4.69) is 15.1 Å². The molecule has 0 bridgehead atoms. The molecule has 0 saturated heterocycles. The van der Waals surface area contributed by atoms with Crippen molar-refractivity contribution in [1.82, 2.24) is 19.7 Å². The number of ether oxygens (including phenoxy) is 3. The Balaban J connectivity index is 1.78. The average Bonchev–Trinajstić information content (AvgIpc) is 3.11. The number of aromatic amines is 1. The van der Waals surface area contributed by atoms with Crippen molar-refractivity contribution in [3.05, 3.63) is 47.0 Å². The van der Waals surface area contributed by atoms with Gasteiger partial charge >= 0.3 is 0 Å². The van der Waals surface area contributed by atoms with Crippen molar-refractivity contribution in [2.75, 3.05) is 20.3 Å². The molecule has 1 aliphatic heterocycles. The molecule has 1 aliphatic rings. The van der Waals surface area contributed by atoms with Crippen molar-refractivity contribution in [3.63, 3.8) is 0 Å². The summed E-state index contributed by atoms with van der Waals surface area (Å²) in [4.78, 5) is 19.2. The van der Waals surface area contributed by atoms with Gasteiger partial charge in [-0.1, -0.05) is 0 Å². The fourth-order valence-corrected chi connectivity index (χ4v) is 2.52. The number of pyridine rings is 1. The molecule has 0 fully saturated rings. The summed E-state index contributed by atoms with van der Waals surface area (Å²) in [5.41, 5.74) is 1.06. The van der Waals surface area contributed by atoms with Gasteiger partial charge in [0, 0.05) is 18.3 Å². The quantitative estimate of drug-likeness (QED) is 0.782. The molecule has 8 nitrogen and oxygen atoms in total. The Kier molecular flexibility index (Phi) is 3.42. The Morgan fingerprint density at radius 3 is 2.83 bits per heavy atom. The molecule has 3 aromatic rings. The molecule has 2 aromatic heterocycles. The fourth-order valence-electron chi connectivity index (χ4n) is 2.52. The minimum Gasteiger partial charge on any atom is -0.491 e. The van der Waals surface area contributed by atoms with Gasteiger partial charge in [-0.2, -0.15) is 5.10 Å². The summed E-state index contributed by atoms with van der Waals surface area (Å²) in [5.74, 6) is 2.10. The van der Waals surface area contributed by atoms with Gasteiger partial charge in [-0.25, -0.2) is 9.67 Å². The van der Waals surface area contributed by atoms with Crippen molar-refractivity contribution < 1.29 is 14.2 Å². The normalized spacial score (nSPS) is 12.9. The molecule has 1 N–H and O–H groups in total. The molecule has 0 saturated carbocycles. The minimum absolute atomic E-state index is 0.233. The first-order valence-electron chi connectivity index (χ1n) is 7.33. The molecule has 24 heavy (non-hydrogen) atoms. The first-order valence-corrected chi connectivity index (χ1v) is 7.33. The van der Waals surface area contributed by atoms with Crippen LogP contribution in [0.25, 0.3) is 17.2 Å². The maximum absolute atomic E-state index is 12.0.